The van der Waals surface area contributed by atoms with Crippen LogP contribution in [0.5, 0.6) is 0 Å². The Morgan fingerprint density at radius 1 is 1.12 bits per heavy atom. The van der Waals surface area contributed by atoms with Crippen LogP contribution in [0.25, 0.3) is 10.4 Å². The number of β-amino-alcohol motifs (C(OH)–C–C–N with tert-alkyl or cyclic N) is 1. The Kier molecular flexibility index (Phi) is 18.9. The van der Waals surface area contributed by atoms with Crippen LogP contribution in [0, 0.1) is 18.3 Å². The van der Waals surface area contributed by atoms with Crippen molar-refractivity contribution < 1.29 is 24.6 Å². The number of aliphatic hydroxyl groups excluding tert-OH is 2. The van der Waals surface area contributed by atoms with E-state index in [0.717, 1.165) is 28.1 Å². The number of rotatable bonds is 9. The van der Waals surface area contributed by atoms with E-state index in [-0.39, 0.29) is 48.8 Å². The van der Waals surface area contributed by atoms with Crippen molar-refractivity contribution in [1.29, 1.82) is 0 Å². The van der Waals surface area contributed by atoms with Gasteiger partial charge in [-0.1, -0.05) is 86.6 Å². The molecule has 10 heteroatoms. The molecule has 1 saturated heterocycles. The van der Waals surface area contributed by atoms with Gasteiger partial charge in [-0.15, -0.1) is 11.3 Å². The number of aromatic nitrogens is 1. The summed E-state index contributed by atoms with van der Waals surface area (Å²) in [5.74, 6) is -0.0789. The number of hydrogen-bond donors (Lipinski definition) is 4. The first-order valence-corrected chi connectivity index (χ1v) is 16.3. The summed E-state index contributed by atoms with van der Waals surface area (Å²) in [5.41, 5.74) is 4.70. The van der Waals surface area contributed by atoms with E-state index in [2.05, 4.69) is 43.3 Å². The van der Waals surface area contributed by atoms with E-state index in [9.17, 15) is 24.6 Å². The first-order valence-electron chi connectivity index (χ1n) is 15.4. The molecule has 5 unspecified atom stereocenters. The maximum atomic E-state index is 12.5. The second kappa shape index (κ2) is 20.2. The average Bonchev–Trinajstić information content (AvgIpc) is 3.62. The third-order valence-electron chi connectivity index (χ3n) is 7.29. The van der Waals surface area contributed by atoms with Crippen LogP contribution in [0.4, 0.5) is 0 Å². The standard InChI is InChI=1S/C18H21N3O4S.C11H23NO.2C2H6/c1-11-17(26-9-19-11)13-4-2-12(3-5-13)15(8-22)20-18(25)16-6-14(24)7-21(16)10-23;1-7-8(2)10(13)12-9(3)11(4,5)6;2*1-2/h2-5,9-10,14-16,22,24H,6-8H2,1H3,(H,20,25);8-9H,7H2,1-6H3,(H,12,13);2*1-2H3. The fraction of sp³-hybridized carbons (Fsp3) is 0.636. The van der Waals surface area contributed by atoms with Crippen LogP contribution < -0.4 is 10.6 Å². The van der Waals surface area contributed by atoms with Crippen LogP contribution in [0.1, 0.15) is 99.4 Å². The maximum absolute atomic E-state index is 12.5. The number of benzene rings is 1. The van der Waals surface area contributed by atoms with E-state index in [1.807, 2.05) is 72.7 Å². The quantitative estimate of drug-likeness (QED) is 0.274. The number of likely N-dealkylation sites (tertiary alicyclic amines) is 1. The van der Waals surface area contributed by atoms with Gasteiger partial charge in [-0.3, -0.25) is 14.4 Å². The third-order valence-corrected chi connectivity index (χ3v) is 8.27. The van der Waals surface area contributed by atoms with Gasteiger partial charge in [0.15, 0.2) is 0 Å². The van der Waals surface area contributed by atoms with Crippen LogP contribution in [-0.4, -0.2) is 69.7 Å². The Balaban J connectivity index is 0.000000880. The van der Waals surface area contributed by atoms with Crippen LogP contribution in [-0.2, 0) is 14.4 Å². The predicted molar refractivity (Wildman–Crippen MR) is 177 cm³/mol. The Bertz CT molecular complexity index is 1080. The van der Waals surface area contributed by atoms with E-state index in [0.29, 0.717) is 6.41 Å². The monoisotopic (exact) mass is 620 g/mol. The Labute approximate surface area is 263 Å². The number of hydrogen-bond acceptors (Lipinski definition) is 7. The maximum Gasteiger partial charge on any atom is 0.243 e. The zero-order chi connectivity index (χ0) is 33.3. The third kappa shape index (κ3) is 12.7. The number of aliphatic hydroxyl groups is 2. The topological polar surface area (TPSA) is 132 Å². The molecule has 0 radical (unpaired) electrons. The van der Waals surface area contributed by atoms with Crippen molar-refractivity contribution in [3.05, 3.63) is 41.0 Å². The fourth-order valence-electron chi connectivity index (χ4n) is 3.92. The fourth-order valence-corrected chi connectivity index (χ4v) is 4.73. The molecule has 5 atom stereocenters. The van der Waals surface area contributed by atoms with Crippen molar-refractivity contribution in [3.63, 3.8) is 0 Å². The Morgan fingerprint density at radius 2 is 1.70 bits per heavy atom. The molecule has 0 bridgehead atoms. The first-order chi connectivity index (χ1) is 20.3. The lowest BCUT2D eigenvalue weighted by atomic mass is 9.87. The molecule has 0 saturated carbocycles. The van der Waals surface area contributed by atoms with E-state index < -0.39 is 18.2 Å². The normalized spacial score (nSPS) is 17.8. The molecular weight excluding hydrogens is 564 g/mol. The lowest BCUT2D eigenvalue weighted by Gasteiger charge is -2.29. The number of aryl methyl sites for hydroxylation is 1. The van der Waals surface area contributed by atoms with Crippen molar-refractivity contribution in [2.75, 3.05) is 13.2 Å². The minimum Gasteiger partial charge on any atom is -0.394 e. The summed E-state index contributed by atoms with van der Waals surface area (Å²) >= 11 is 1.56. The van der Waals surface area contributed by atoms with Crippen molar-refractivity contribution in [2.24, 2.45) is 11.3 Å². The highest BCUT2D eigenvalue weighted by molar-refractivity contribution is 7.13. The molecule has 2 heterocycles. The zero-order valence-corrected chi connectivity index (χ0v) is 28.9. The number of carbonyl (C=O) groups is 3. The summed E-state index contributed by atoms with van der Waals surface area (Å²) in [5, 5.41) is 25.2. The predicted octanol–water partition coefficient (Wildman–Crippen LogP) is 5.50. The largest absolute Gasteiger partial charge is 0.394 e. The molecule has 2 aromatic rings. The van der Waals surface area contributed by atoms with E-state index >= 15 is 0 Å². The second-order valence-corrected chi connectivity index (χ2v) is 12.1. The highest BCUT2D eigenvalue weighted by Gasteiger charge is 2.36. The van der Waals surface area contributed by atoms with Gasteiger partial charge in [0, 0.05) is 24.9 Å². The molecule has 4 N–H and O–H groups in total. The van der Waals surface area contributed by atoms with Gasteiger partial charge in [-0.05, 0) is 36.8 Å². The van der Waals surface area contributed by atoms with Crippen molar-refractivity contribution >= 4 is 29.6 Å². The first kappa shape index (κ1) is 40.2. The van der Waals surface area contributed by atoms with Crippen molar-refractivity contribution in [3.8, 4) is 10.4 Å². The van der Waals surface area contributed by atoms with Gasteiger partial charge in [0.25, 0.3) is 0 Å². The molecule has 0 spiro atoms. The lowest BCUT2D eigenvalue weighted by Crippen LogP contribution is -2.44. The molecule has 3 amide bonds. The number of carbonyl (C=O) groups excluding carboxylic acids is 3. The van der Waals surface area contributed by atoms with Gasteiger partial charge in [0.05, 0.1) is 34.8 Å². The number of nitrogens with zero attached hydrogens (tertiary/aromatic N) is 2. The summed E-state index contributed by atoms with van der Waals surface area (Å²) in [4.78, 5) is 41.6. The highest BCUT2D eigenvalue weighted by atomic mass is 32.1. The SMILES string of the molecule is CC.CC.CCC(C)C(=O)NC(C)C(C)(C)C.Cc1ncsc1-c1ccc(C(CO)NC(=O)C2CC(O)CN2C=O)cc1. The molecule has 0 aliphatic carbocycles. The molecule has 1 aliphatic heterocycles. The molecule has 244 valence electrons. The smallest absolute Gasteiger partial charge is 0.243 e. The number of amides is 3. The van der Waals surface area contributed by atoms with Crippen molar-refractivity contribution in [2.45, 2.75) is 113 Å². The van der Waals surface area contributed by atoms with Gasteiger partial charge in [-0.25, -0.2) is 4.98 Å². The van der Waals surface area contributed by atoms with E-state index in [1.54, 1.807) is 16.8 Å². The van der Waals surface area contributed by atoms with Crippen LogP contribution in [0.15, 0.2) is 29.8 Å². The van der Waals surface area contributed by atoms with E-state index in [4.69, 9.17) is 0 Å². The molecule has 1 fully saturated rings. The Hall–Kier alpha value is -2.82. The van der Waals surface area contributed by atoms with Gasteiger partial charge in [0.2, 0.25) is 18.2 Å². The summed E-state index contributed by atoms with van der Waals surface area (Å²) in [6, 6.07) is 6.52. The van der Waals surface area contributed by atoms with E-state index in [1.165, 1.54) is 4.90 Å². The van der Waals surface area contributed by atoms with Gasteiger partial charge in [0.1, 0.15) is 6.04 Å². The second-order valence-electron chi connectivity index (χ2n) is 11.2. The van der Waals surface area contributed by atoms with Gasteiger partial charge < -0.3 is 25.7 Å². The molecule has 1 aromatic carbocycles. The molecular formula is C33H56N4O5S. The van der Waals surface area contributed by atoms with Crippen LogP contribution >= 0.6 is 11.3 Å². The minimum absolute atomic E-state index is 0.129. The average molecular weight is 621 g/mol. The molecule has 43 heavy (non-hydrogen) atoms. The summed E-state index contributed by atoms with van der Waals surface area (Å²) in [6.45, 7) is 22.3. The Morgan fingerprint density at radius 3 is 2.14 bits per heavy atom. The molecule has 1 aliphatic rings. The summed E-state index contributed by atoms with van der Waals surface area (Å²) in [6.07, 6.45) is 0.973. The summed E-state index contributed by atoms with van der Waals surface area (Å²) < 4.78 is 0. The van der Waals surface area contributed by atoms with Crippen LogP contribution in [0.3, 0.4) is 0 Å². The number of nitrogens with one attached hydrogen (secondary N) is 2. The molecule has 9 nitrogen and oxygen atoms in total. The molecule has 1 aromatic heterocycles. The minimum atomic E-state index is -0.712. The number of thiazole rings is 1. The zero-order valence-electron chi connectivity index (χ0n) is 28.1. The molecule has 3 rings (SSSR count). The van der Waals surface area contributed by atoms with Gasteiger partial charge in [-0.2, -0.15) is 0 Å². The lowest BCUT2D eigenvalue weighted by molar-refractivity contribution is -0.131. The van der Waals surface area contributed by atoms with Gasteiger partial charge >= 0.3 is 0 Å². The van der Waals surface area contributed by atoms with Crippen molar-refractivity contribution in [1.82, 2.24) is 20.5 Å². The highest BCUT2D eigenvalue weighted by Crippen LogP contribution is 2.28. The van der Waals surface area contributed by atoms with Crippen LogP contribution in [0.2, 0.25) is 0 Å². The summed E-state index contributed by atoms with van der Waals surface area (Å²) in [7, 11) is 0.